The molecule has 1 aliphatic carbocycles. The first-order valence-electron chi connectivity index (χ1n) is 11.8. The zero-order valence-electron chi connectivity index (χ0n) is 19.4. The summed E-state index contributed by atoms with van der Waals surface area (Å²) in [5.41, 5.74) is 5.00. The Morgan fingerprint density at radius 3 is 2.62 bits per heavy atom. The van der Waals surface area contributed by atoms with Crippen LogP contribution in [0.4, 0.5) is 5.69 Å². The van der Waals surface area contributed by atoms with Crippen molar-refractivity contribution >= 4 is 17.4 Å². The van der Waals surface area contributed by atoms with Crippen molar-refractivity contribution in [3.63, 3.8) is 0 Å². The lowest BCUT2D eigenvalue weighted by Crippen LogP contribution is -2.40. The molecule has 4 rings (SSSR count). The Hall–Kier alpha value is -2.66. The number of ether oxygens (including phenoxy) is 1. The lowest BCUT2D eigenvalue weighted by molar-refractivity contribution is -0.118. The number of methoxy groups -OCH3 is 1. The van der Waals surface area contributed by atoms with Gasteiger partial charge in [0, 0.05) is 49.2 Å². The number of nitrogens with one attached hydrogen (secondary N) is 1. The maximum Gasteiger partial charge on any atom is 0.227 e. The number of carbonyl (C=O) groups is 2. The van der Waals surface area contributed by atoms with E-state index >= 15 is 0 Å². The highest BCUT2D eigenvalue weighted by atomic mass is 16.5. The Labute approximate surface area is 191 Å². The van der Waals surface area contributed by atoms with Crippen LogP contribution < -0.4 is 15.0 Å². The van der Waals surface area contributed by atoms with Gasteiger partial charge < -0.3 is 15.0 Å². The average Bonchev–Trinajstić information content (AvgIpc) is 2.81. The molecule has 0 saturated heterocycles. The fourth-order valence-electron chi connectivity index (χ4n) is 5.23. The Balaban J connectivity index is 1.54. The quantitative estimate of drug-likeness (QED) is 0.671. The molecule has 1 N–H and O–H groups in total. The Morgan fingerprint density at radius 1 is 1.12 bits per heavy atom. The highest BCUT2D eigenvalue weighted by Crippen LogP contribution is 2.41. The van der Waals surface area contributed by atoms with Crippen LogP contribution in [-0.4, -0.2) is 38.4 Å². The van der Waals surface area contributed by atoms with Crippen LogP contribution in [0.2, 0.25) is 0 Å². The number of nitrogens with zero attached hydrogens (tertiary/aromatic N) is 1. The van der Waals surface area contributed by atoms with E-state index in [2.05, 4.69) is 36.5 Å². The van der Waals surface area contributed by atoms with Crippen LogP contribution >= 0.6 is 0 Å². The predicted octanol–water partition coefficient (Wildman–Crippen LogP) is 4.35. The van der Waals surface area contributed by atoms with Crippen LogP contribution in [0.1, 0.15) is 59.7 Å². The van der Waals surface area contributed by atoms with E-state index in [-0.39, 0.29) is 17.6 Å². The molecule has 0 aromatic heterocycles. The molecule has 2 unspecified atom stereocenters. The number of carbonyl (C=O) groups excluding carboxylic acids is 2. The maximum atomic E-state index is 13.7. The molecule has 2 aromatic carbocycles. The number of Topliss-reactive ketones (excluding diaryl/α,β-unsaturated/α-hetero) is 1. The van der Waals surface area contributed by atoms with Crippen molar-refractivity contribution < 1.29 is 14.3 Å². The van der Waals surface area contributed by atoms with Crippen molar-refractivity contribution in [1.82, 2.24) is 5.32 Å². The molecule has 0 fully saturated rings. The van der Waals surface area contributed by atoms with Gasteiger partial charge in [-0.15, -0.1) is 0 Å². The lowest BCUT2D eigenvalue weighted by Gasteiger charge is -2.33. The summed E-state index contributed by atoms with van der Waals surface area (Å²) in [5.74, 6) is 0.973. The summed E-state index contributed by atoms with van der Waals surface area (Å²) >= 11 is 0. The van der Waals surface area contributed by atoms with E-state index in [1.54, 1.807) is 19.1 Å². The molecule has 5 heteroatoms. The molecule has 5 nitrogen and oxygen atoms in total. The fourth-order valence-corrected chi connectivity index (χ4v) is 5.23. The Morgan fingerprint density at radius 2 is 1.91 bits per heavy atom. The van der Waals surface area contributed by atoms with Crippen molar-refractivity contribution in [2.45, 2.75) is 57.9 Å². The molecule has 2 aromatic rings. The summed E-state index contributed by atoms with van der Waals surface area (Å²) in [5, 5.41) is 3.71. The van der Waals surface area contributed by atoms with E-state index < -0.39 is 0 Å². The van der Waals surface area contributed by atoms with Crippen molar-refractivity contribution in [2.24, 2.45) is 5.92 Å². The molecule has 0 spiro atoms. The second-order valence-electron chi connectivity index (χ2n) is 9.07. The number of amides is 1. The third-order valence-electron chi connectivity index (χ3n) is 7.00. The third-order valence-corrected chi connectivity index (χ3v) is 7.00. The van der Waals surface area contributed by atoms with E-state index in [1.165, 1.54) is 5.56 Å². The Kier molecular flexibility index (Phi) is 6.95. The molecular weight excluding hydrogens is 400 g/mol. The number of fused-ring (bicyclic) bond motifs is 3. The summed E-state index contributed by atoms with van der Waals surface area (Å²) in [7, 11) is 3.43. The molecule has 0 bridgehead atoms. The van der Waals surface area contributed by atoms with Gasteiger partial charge in [-0.05, 0) is 43.2 Å². The van der Waals surface area contributed by atoms with E-state index in [1.807, 2.05) is 12.1 Å². The second kappa shape index (κ2) is 9.86. The zero-order chi connectivity index (χ0) is 22.7. The van der Waals surface area contributed by atoms with Gasteiger partial charge in [-0.1, -0.05) is 43.7 Å². The standard InChI is InChI=1S/C27H34N2O3/c1-4-8-20(15-18-9-6-5-7-10-18)28-17-19-11-12-22-24(32-3)16-23-21(26(22)27(19)31)13-14-25(30)29(23)2/h5-7,9-10,16,19-20,28H,4,8,11-15,17H2,1-3H3. The minimum Gasteiger partial charge on any atom is -0.496 e. The van der Waals surface area contributed by atoms with Crippen LogP contribution in [0.5, 0.6) is 5.75 Å². The summed E-state index contributed by atoms with van der Waals surface area (Å²) in [4.78, 5) is 27.6. The van der Waals surface area contributed by atoms with Crippen LogP contribution in [0, 0.1) is 5.92 Å². The number of benzene rings is 2. The highest BCUT2D eigenvalue weighted by molar-refractivity contribution is 6.06. The molecule has 0 saturated carbocycles. The van der Waals surface area contributed by atoms with Crippen LogP contribution in [0.15, 0.2) is 36.4 Å². The average molecular weight is 435 g/mol. The molecule has 1 heterocycles. The van der Waals surface area contributed by atoms with Gasteiger partial charge >= 0.3 is 0 Å². The van der Waals surface area contributed by atoms with Crippen molar-refractivity contribution in [3.8, 4) is 5.75 Å². The number of ketones is 1. The van der Waals surface area contributed by atoms with Gasteiger partial charge in [-0.2, -0.15) is 0 Å². The third kappa shape index (κ3) is 4.44. The fraction of sp³-hybridized carbons (Fsp3) is 0.481. The molecule has 2 aliphatic rings. The maximum absolute atomic E-state index is 13.7. The minimum absolute atomic E-state index is 0.0447. The zero-order valence-corrected chi connectivity index (χ0v) is 19.4. The summed E-state index contributed by atoms with van der Waals surface area (Å²) < 4.78 is 5.64. The van der Waals surface area contributed by atoms with Gasteiger partial charge in [-0.25, -0.2) is 0 Å². The topological polar surface area (TPSA) is 58.6 Å². The summed E-state index contributed by atoms with van der Waals surface area (Å²) in [6.45, 7) is 2.90. The number of hydrogen-bond acceptors (Lipinski definition) is 4. The first-order valence-corrected chi connectivity index (χ1v) is 11.8. The molecule has 2 atom stereocenters. The van der Waals surface area contributed by atoms with Crippen molar-refractivity contribution in [1.29, 1.82) is 0 Å². The van der Waals surface area contributed by atoms with Gasteiger partial charge in [0.25, 0.3) is 0 Å². The Bertz CT molecular complexity index is 986. The van der Waals surface area contributed by atoms with Crippen molar-refractivity contribution in [2.75, 3.05) is 25.6 Å². The van der Waals surface area contributed by atoms with Crippen LogP contribution in [-0.2, 0) is 24.1 Å². The largest absolute Gasteiger partial charge is 0.496 e. The van der Waals surface area contributed by atoms with Gasteiger partial charge in [-0.3, -0.25) is 9.59 Å². The van der Waals surface area contributed by atoms with Gasteiger partial charge in [0.1, 0.15) is 5.75 Å². The van der Waals surface area contributed by atoms with Gasteiger partial charge in [0.05, 0.1) is 12.8 Å². The van der Waals surface area contributed by atoms with Crippen LogP contribution in [0.3, 0.4) is 0 Å². The monoisotopic (exact) mass is 434 g/mol. The molecule has 1 amide bonds. The van der Waals surface area contributed by atoms with E-state index in [0.29, 0.717) is 25.4 Å². The SMILES string of the molecule is CCCC(Cc1ccccc1)NCC1CCc2c(OC)cc3c(c2C1=O)CCC(=O)N3C. The van der Waals surface area contributed by atoms with Gasteiger partial charge in [0.2, 0.25) is 5.91 Å². The first-order chi connectivity index (χ1) is 15.5. The van der Waals surface area contributed by atoms with Gasteiger partial charge in [0.15, 0.2) is 5.78 Å². The number of rotatable bonds is 8. The first kappa shape index (κ1) is 22.5. The number of anilines is 1. The van der Waals surface area contributed by atoms with Crippen molar-refractivity contribution in [3.05, 3.63) is 58.7 Å². The second-order valence-corrected chi connectivity index (χ2v) is 9.07. The minimum atomic E-state index is -0.0447. The normalized spacial score (nSPS) is 18.8. The van der Waals surface area contributed by atoms with E-state index in [0.717, 1.165) is 60.2 Å². The highest BCUT2D eigenvalue weighted by Gasteiger charge is 2.36. The molecule has 32 heavy (non-hydrogen) atoms. The molecule has 170 valence electrons. The molecular formula is C27H34N2O3. The van der Waals surface area contributed by atoms with E-state index in [9.17, 15) is 9.59 Å². The van der Waals surface area contributed by atoms with E-state index in [4.69, 9.17) is 4.74 Å². The molecule has 1 aliphatic heterocycles. The summed E-state index contributed by atoms with van der Waals surface area (Å²) in [6.07, 6.45) is 5.91. The smallest absolute Gasteiger partial charge is 0.227 e. The molecule has 0 radical (unpaired) electrons. The number of hydrogen-bond donors (Lipinski definition) is 1. The van der Waals surface area contributed by atoms with Crippen LogP contribution in [0.25, 0.3) is 0 Å². The predicted molar refractivity (Wildman–Crippen MR) is 128 cm³/mol. The summed E-state index contributed by atoms with van der Waals surface area (Å²) in [6, 6.07) is 12.8. The lowest BCUT2D eigenvalue weighted by atomic mass is 9.77.